The largest absolute Gasteiger partial charge is 0.313 e. The van der Waals surface area contributed by atoms with Gasteiger partial charge in [0.1, 0.15) is 5.83 Å². The van der Waals surface area contributed by atoms with Gasteiger partial charge in [0.2, 0.25) is 0 Å². The quantitative estimate of drug-likeness (QED) is 0.504. The molecule has 1 rings (SSSR count). The molecule has 0 saturated heterocycles. The van der Waals surface area contributed by atoms with E-state index < -0.39 is 0 Å². The Labute approximate surface area is 76.5 Å². The first-order valence-electron chi connectivity index (χ1n) is 4.06. The van der Waals surface area contributed by atoms with E-state index in [2.05, 4.69) is 10.5 Å². The van der Waals surface area contributed by atoms with Crippen molar-refractivity contribution in [3.05, 3.63) is 24.1 Å². The Balaban J connectivity index is 2.69. The van der Waals surface area contributed by atoms with Crippen molar-refractivity contribution in [2.75, 3.05) is 7.05 Å². The lowest BCUT2D eigenvalue weighted by molar-refractivity contribution is 0.643. The molecule has 2 N–H and O–H groups in total. The summed E-state index contributed by atoms with van der Waals surface area (Å²) in [5.41, 5.74) is 3.23. The molecule has 1 aliphatic carbocycles. The first kappa shape index (κ1) is 9.64. The second-order valence-corrected chi connectivity index (χ2v) is 2.69. The Kier molecular flexibility index (Phi) is 3.37. The van der Waals surface area contributed by atoms with E-state index in [1.807, 2.05) is 0 Å². The van der Waals surface area contributed by atoms with Crippen molar-refractivity contribution in [2.24, 2.45) is 11.0 Å². The van der Waals surface area contributed by atoms with Crippen LogP contribution < -0.4 is 5.43 Å². The van der Waals surface area contributed by atoms with Gasteiger partial charge in [0, 0.05) is 19.2 Å². The molecule has 0 aromatic heterocycles. The smallest absolute Gasteiger partial charge is 0.118 e. The molecule has 0 fully saturated rings. The van der Waals surface area contributed by atoms with Crippen molar-refractivity contribution in [1.82, 2.24) is 5.43 Å². The van der Waals surface area contributed by atoms with Gasteiger partial charge in [0.25, 0.3) is 0 Å². The molecule has 13 heavy (non-hydrogen) atoms. The molecule has 0 amide bonds. The molecule has 3 nitrogen and oxygen atoms in total. The number of hydrogen-bond acceptors (Lipinski definition) is 3. The van der Waals surface area contributed by atoms with Crippen LogP contribution in [0.3, 0.4) is 0 Å². The third-order valence-electron chi connectivity index (χ3n) is 1.82. The molecule has 0 aromatic rings. The van der Waals surface area contributed by atoms with E-state index in [1.54, 1.807) is 13.1 Å². The van der Waals surface area contributed by atoms with E-state index >= 15 is 0 Å². The SMILES string of the molecule is CNN=C(C=N)C1C=CC(F)=CC1. The molecule has 4 heteroatoms. The molecule has 1 unspecified atom stereocenters. The summed E-state index contributed by atoms with van der Waals surface area (Å²) in [5.74, 6) is -0.200. The second kappa shape index (κ2) is 4.54. The van der Waals surface area contributed by atoms with Crippen molar-refractivity contribution < 1.29 is 4.39 Å². The summed E-state index contributed by atoms with van der Waals surface area (Å²) in [7, 11) is 1.67. The van der Waals surface area contributed by atoms with Gasteiger partial charge in [0.15, 0.2) is 0 Å². The van der Waals surface area contributed by atoms with Crippen molar-refractivity contribution in [3.8, 4) is 0 Å². The lowest BCUT2D eigenvalue weighted by Crippen LogP contribution is -2.17. The monoisotopic (exact) mass is 181 g/mol. The minimum atomic E-state index is -0.218. The van der Waals surface area contributed by atoms with Crippen molar-refractivity contribution in [2.45, 2.75) is 6.42 Å². The molecule has 0 heterocycles. The van der Waals surface area contributed by atoms with Crippen molar-refractivity contribution in [1.29, 1.82) is 5.41 Å². The number of nitrogens with zero attached hydrogens (tertiary/aromatic N) is 1. The predicted molar refractivity (Wildman–Crippen MR) is 51.7 cm³/mol. The maximum Gasteiger partial charge on any atom is 0.118 e. The van der Waals surface area contributed by atoms with Gasteiger partial charge >= 0.3 is 0 Å². The van der Waals surface area contributed by atoms with Crippen LogP contribution in [-0.2, 0) is 0 Å². The van der Waals surface area contributed by atoms with Crippen LogP contribution in [0.25, 0.3) is 0 Å². The number of rotatable bonds is 3. The highest BCUT2D eigenvalue weighted by molar-refractivity contribution is 6.30. The fourth-order valence-corrected chi connectivity index (χ4v) is 1.16. The van der Waals surface area contributed by atoms with E-state index in [9.17, 15) is 4.39 Å². The fraction of sp³-hybridized carbons (Fsp3) is 0.333. The average molecular weight is 181 g/mol. The zero-order valence-electron chi connectivity index (χ0n) is 7.42. The fourth-order valence-electron chi connectivity index (χ4n) is 1.16. The van der Waals surface area contributed by atoms with Gasteiger partial charge in [-0.05, 0) is 18.6 Å². The van der Waals surface area contributed by atoms with Gasteiger partial charge in [0.05, 0.1) is 5.71 Å². The highest BCUT2D eigenvalue weighted by Crippen LogP contribution is 2.17. The second-order valence-electron chi connectivity index (χ2n) is 2.69. The first-order chi connectivity index (χ1) is 6.27. The van der Waals surface area contributed by atoms with Crippen molar-refractivity contribution in [3.63, 3.8) is 0 Å². The van der Waals surface area contributed by atoms with Gasteiger partial charge in [-0.1, -0.05) is 6.08 Å². The van der Waals surface area contributed by atoms with Gasteiger partial charge in [-0.3, -0.25) is 0 Å². The summed E-state index contributed by atoms with van der Waals surface area (Å²) in [6, 6.07) is 0. The number of hydrogen-bond donors (Lipinski definition) is 2. The Morgan fingerprint density at radius 3 is 3.08 bits per heavy atom. The molecule has 0 aliphatic heterocycles. The maximum absolute atomic E-state index is 12.6. The summed E-state index contributed by atoms with van der Waals surface area (Å²) < 4.78 is 12.6. The standard InChI is InChI=1S/C9H12FN3/c1-12-13-9(6-11)7-2-4-8(10)5-3-7/h2,4-7,11-12H,3H2,1H3. The van der Waals surface area contributed by atoms with Crippen LogP contribution in [0.2, 0.25) is 0 Å². The van der Waals surface area contributed by atoms with Crippen LogP contribution in [0, 0.1) is 11.3 Å². The highest BCUT2D eigenvalue weighted by atomic mass is 19.1. The van der Waals surface area contributed by atoms with Crippen molar-refractivity contribution >= 4 is 11.9 Å². The average Bonchev–Trinajstić information content (AvgIpc) is 2.16. The third-order valence-corrected chi connectivity index (χ3v) is 1.82. The van der Waals surface area contributed by atoms with E-state index in [0.29, 0.717) is 12.1 Å². The molecular weight excluding hydrogens is 169 g/mol. The van der Waals surface area contributed by atoms with E-state index in [1.165, 1.54) is 18.4 Å². The van der Waals surface area contributed by atoms with Gasteiger partial charge in [-0.25, -0.2) is 4.39 Å². The number of nitrogens with one attached hydrogen (secondary N) is 2. The maximum atomic E-state index is 12.6. The highest BCUT2D eigenvalue weighted by Gasteiger charge is 2.13. The van der Waals surface area contributed by atoms with Gasteiger partial charge in [-0.15, -0.1) is 0 Å². The molecule has 0 radical (unpaired) electrons. The van der Waals surface area contributed by atoms with Crippen LogP contribution in [0.15, 0.2) is 29.2 Å². The third kappa shape index (κ3) is 2.50. The minimum Gasteiger partial charge on any atom is -0.313 e. The lowest BCUT2D eigenvalue weighted by atomic mass is 9.96. The number of halogens is 1. The van der Waals surface area contributed by atoms with Crippen LogP contribution in [0.5, 0.6) is 0 Å². The molecule has 0 bridgehead atoms. The predicted octanol–water partition coefficient (Wildman–Crippen LogP) is 1.64. The zero-order valence-corrected chi connectivity index (χ0v) is 7.42. The molecule has 0 spiro atoms. The summed E-state index contributed by atoms with van der Waals surface area (Å²) in [6.45, 7) is 0. The van der Waals surface area contributed by atoms with E-state index in [-0.39, 0.29) is 11.7 Å². The normalized spacial score (nSPS) is 22.5. The molecule has 1 aliphatic rings. The first-order valence-corrected chi connectivity index (χ1v) is 4.06. The molecule has 70 valence electrons. The Bertz CT molecular complexity index is 279. The summed E-state index contributed by atoms with van der Waals surface area (Å²) >= 11 is 0. The van der Waals surface area contributed by atoms with Gasteiger partial charge in [-0.2, -0.15) is 5.10 Å². The molecule has 1 atom stereocenters. The number of allylic oxidation sites excluding steroid dienone is 4. The topological polar surface area (TPSA) is 48.2 Å². The summed E-state index contributed by atoms with van der Waals surface area (Å²) in [5, 5.41) is 11.0. The van der Waals surface area contributed by atoms with Crippen LogP contribution in [-0.4, -0.2) is 19.0 Å². The molecule has 0 aromatic carbocycles. The molecule has 0 saturated carbocycles. The van der Waals surface area contributed by atoms with Crippen LogP contribution in [0.4, 0.5) is 4.39 Å². The van der Waals surface area contributed by atoms with Crippen LogP contribution >= 0.6 is 0 Å². The molecular formula is C9H12FN3. The number of hydrazone groups is 1. The zero-order chi connectivity index (χ0) is 9.68. The Morgan fingerprint density at radius 2 is 2.62 bits per heavy atom. The summed E-state index contributed by atoms with van der Waals surface area (Å²) in [6.07, 6.45) is 6.37. The Hall–Kier alpha value is -1.45. The van der Waals surface area contributed by atoms with E-state index in [4.69, 9.17) is 5.41 Å². The minimum absolute atomic E-state index is 0.0180. The summed E-state index contributed by atoms with van der Waals surface area (Å²) in [4.78, 5) is 0. The van der Waals surface area contributed by atoms with Gasteiger partial charge < -0.3 is 10.8 Å². The lowest BCUT2D eigenvalue weighted by Gasteiger charge is -2.12. The Morgan fingerprint density at radius 1 is 1.85 bits per heavy atom. The van der Waals surface area contributed by atoms with Crippen LogP contribution in [0.1, 0.15) is 6.42 Å². The van der Waals surface area contributed by atoms with E-state index in [0.717, 1.165) is 0 Å².